The highest BCUT2D eigenvalue weighted by Crippen LogP contribution is 2.15. The van der Waals surface area contributed by atoms with E-state index in [1.165, 1.54) is 10.8 Å². The van der Waals surface area contributed by atoms with E-state index in [-0.39, 0.29) is 33.8 Å². The van der Waals surface area contributed by atoms with Crippen molar-refractivity contribution in [3.8, 4) is 6.07 Å². The molecule has 0 spiro atoms. The average molecular weight is 430 g/mol. The number of carbonyl (C=O) groups excluding carboxylic acids is 1. The van der Waals surface area contributed by atoms with Gasteiger partial charge in [0.05, 0.1) is 6.54 Å². The van der Waals surface area contributed by atoms with Gasteiger partial charge in [0, 0.05) is 24.1 Å². The first-order valence-corrected chi connectivity index (χ1v) is 10.0. The fourth-order valence-corrected chi connectivity index (χ4v) is 3.65. The fourth-order valence-electron chi connectivity index (χ4n) is 2.57. The van der Waals surface area contributed by atoms with Gasteiger partial charge in [-0.15, -0.1) is 11.3 Å². The highest BCUT2D eigenvalue weighted by Gasteiger charge is 2.13. The van der Waals surface area contributed by atoms with Crippen molar-refractivity contribution in [1.82, 2.24) is 9.47 Å². The van der Waals surface area contributed by atoms with Gasteiger partial charge in [-0.25, -0.2) is 4.79 Å². The van der Waals surface area contributed by atoms with Gasteiger partial charge in [0.25, 0.3) is 5.56 Å². The largest absolute Gasteiger partial charge is 0.477 e. The van der Waals surface area contributed by atoms with E-state index in [9.17, 15) is 19.5 Å². The number of aromatic nitrogens is 1. The van der Waals surface area contributed by atoms with E-state index in [4.69, 9.17) is 5.26 Å². The summed E-state index contributed by atoms with van der Waals surface area (Å²) in [6.07, 6.45) is 1.46. The fraction of sp³-hybridized carbons (Fsp3) is 0.300. The van der Waals surface area contributed by atoms with Gasteiger partial charge < -0.3 is 15.7 Å². The minimum atomic E-state index is -1.38. The molecular formula is C20H23N5O4S. The number of carbonyl (C=O) groups is 2. The Kier molecular flexibility index (Phi) is 7.91. The minimum absolute atomic E-state index is 0.103. The maximum absolute atomic E-state index is 12.6. The van der Waals surface area contributed by atoms with Crippen LogP contribution in [0.3, 0.4) is 0 Å². The van der Waals surface area contributed by atoms with Gasteiger partial charge in [-0.2, -0.15) is 5.26 Å². The molecule has 0 radical (unpaired) electrons. The predicted molar refractivity (Wildman–Crippen MR) is 116 cm³/mol. The summed E-state index contributed by atoms with van der Waals surface area (Å²) >= 11 is 0.932. The van der Waals surface area contributed by atoms with Crippen molar-refractivity contribution in [3.05, 3.63) is 43.8 Å². The van der Waals surface area contributed by atoms with Crippen LogP contribution in [-0.4, -0.2) is 46.6 Å². The third kappa shape index (κ3) is 5.56. The number of hydrogen-bond donors (Lipinski definition) is 3. The van der Waals surface area contributed by atoms with E-state index in [1.54, 1.807) is 37.3 Å². The highest BCUT2D eigenvalue weighted by atomic mass is 32.1. The molecule has 3 N–H and O–H groups in total. The molecule has 158 valence electrons. The number of benzene rings is 1. The second-order valence-electron chi connectivity index (χ2n) is 6.36. The molecule has 0 aliphatic carbocycles. The average Bonchev–Trinajstić information content (AvgIpc) is 3.01. The predicted octanol–water partition coefficient (Wildman–Crippen LogP) is 0.429. The number of aliphatic carboxylic acids is 1. The Labute approximate surface area is 177 Å². The maximum Gasteiger partial charge on any atom is 0.349 e. The Morgan fingerprint density at radius 2 is 2.03 bits per heavy atom. The molecule has 0 unspecified atom stereocenters. The highest BCUT2D eigenvalue weighted by molar-refractivity contribution is 7.07. The van der Waals surface area contributed by atoms with E-state index >= 15 is 0 Å². The van der Waals surface area contributed by atoms with Crippen molar-refractivity contribution in [2.75, 3.05) is 30.8 Å². The summed E-state index contributed by atoms with van der Waals surface area (Å²) in [4.78, 5) is 37.7. The number of likely N-dealkylation sites (N-methyl/N-ethyl adjacent to an activating group) is 1. The van der Waals surface area contributed by atoms with Crippen molar-refractivity contribution >= 4 is 46.4 Å². The number of hydrogen-bond acceptors (Lipinski definition) is 7. The lowest BCUT2D eigenvalue weighted by Crippen LogP contribution is -2.32. The second kappa shape index (κ2) is 10.4. The normalized spacial score (nSPS) is 12.4. The number of carboxylic acid groups (broad SMARTS) is 1. The molecule has 0 fully saturated rings. The summed E-state index contributed by atoms with van der Waals surface area (Å²) in [6.45, 7) is 4.94. The number of thiazole rings is 1. The van der Waals surface area contributed by atoms with Gasteiger partial charge in [-0.1, -0.05) is 13.0 Å². The summed E-state index contributed by atoms with van der Waals surface area (Å²) < 4.78 is 1.62. The summed E-state index contributed by atoms with van der Waals surface area (Å²) in [6, 6.07) is 8.63. The van der Waals surface area contributed by atoms with Gasteiger partial charge >= 0.3 is 5.97 Å². The van der Waals surface area contributed by atoms with Crippen molar-refractivity contribution in [2.24, 2.45) is 0 Å². The topological polar surface area (TPSA) is 127 Å². The third-order valence-electron chi connectivity index (χ3n) is 4.23. The molecule has 1 aromatic carbocycles. The molecule has 1 heterocycles. The van der Waals surface area contributed by atoms with Gasteiger partial charge in [0.2, 0.25) is 5.91 Å². The van der Waals surface area contributed by atoms with E-state index in [0.29, 0.717) is 11.4 Å². The van der Waals surface area contributed by atoms with Crippen molar-refractivity contribution in [3.63, 3.8) is 0 Å². The zero-order chi connectivity index (χ0) is 22.3. The van der Waals surface area contributed by atoms with Crippen molar-refractivity contribution in [2.45, 2.75) is 20.4 Å². The quantitative estimate of drug-likeness (QED) is 0.555. The second-order valence-corrected chi connectivity index (χ2v) is 7.39. The molecule has 0 atom stereocenters. The zero-order valence-electron chi connectivity index (χ0n) is 16.9. The summed E-state index contributed by atoms with van der Waals surface area (Å²) in [5, 5.41) is 24.1. The van der Waals surface area contributed by atoms with Crippen LogP contribution in [0, 0.1) is 11.3 Å². The molecular weight excluding hydrogens is 406 g/mol. The summed E-state index contributed by atoms with van der Waals surface area (Å²) in [5.74, 6) is -1.51. The van der Waals surface area contributed by atoms with E-state index in [0.717, 1.165) is 17.9 Å². The van der Waals surface area contributed by atoms with Gasteiger partial charge in [-0.05, 0) is 38.7 Å². The van der Waals surface area contributed by atoms with Gasteiger partial charge in [0.15, 0.2) is 5.57 Å². The molecule has 0 bridgehead atoms. The third-order valence-corrected chi connectivity index (χ3v) is 5.36. The van der Waals surface area contributed by atoms with Crippen LogP contribution in [0.1, 0.15) is 13.8 Å². The lowest BCUT2D eigenvalue weighted by atomic mass is 10.2. The Morgan fingerprint density at radius 1 is 1.33 bits per heavy atom. The van der Waals surface area contributed by atoms with Gasteiger partial charge in [0.1, 0.15) is 15.3 Å². The lowest BCUT2D eigenvalue weighted by Gasteiger charge is -2.13. The number of nitriles is 1. The van der Waals surface area contributed by atoms with Crippen LogP contribution < -0.4 is 25.4 Å². The number of carboxylic acids is 1. The minimum Gasteiger partial charge on any atom is -0.477 e. The first-order valence-electron chi connectivity index (χ1n) is 9.23. The Bertz CT molecular complexity index is 1160. The monoisotopic (exact) mass is 429 g/mol. The smallest absolute Gasteiger partial charge is 0.349 e. The molecule has 1 amide bonds. The Balaban J connectivity index is 2.32. The summed E-state index contributed by atoms with van der Waals surface area (Å²) in [5.41, 5.74) is 0.384. The number of nitrogens with one attached hydrogen (secondary N) is 2. The zero-order valence-corrected chi connectivity index (χ0v) is 17.7. The van der Waals surface area contributed by atoms with Crippen LogP contribution in [0.5, 0.6) is 0 Å². The van der Waals surface area contributed by atoms with Crippen LogP contribution in [-0.2, 0) is 16.1 Å². The number of amides is 1. The Hall–Kier alpha value is -3.42. The number of nitrogens with zero attached hydrogens (tertiary/aromatic N) is 3. The number of rotatable bonds is 8. The van der Waals surface area contributed by atoms with Crippen LogP contribution >= 0.6 is 11.3 Å². The van der Waals surface area contributed by atoms with Crippen molar-refractivity contribution in [1.29, 1.82) is 5.26 Å². The first-order chi connectivity index (χ1) is 14.3. The molecule has 2 aromatic rings. The molecule has 0 aliphatic rings. The van der Waals surface area contributed by atoms with Crippen LogP contribution in [0.2, 0.25) is 0 Å². The molecule has 9 nitrogen and oxygen atoms in total. The lowest BCUT2D eigenvalue weighted by molar-refractivity contribution is -0.130. The molecule has 2 rings (SSSR count). The van der Waals surface area contributed by atoms with Crippen LogP contribution in [0.15, 0.2) is 29.1 Å². The molecule has 1 aromatic heterocycles. The molecule has 0 saturated heterocycles. The number of anilines is 2. The van der Waals surface area contributed by atoms with Crippen LogP contribution in [0.25, 0.3) is 11.8 Å². The standard InChI is InChI=1S/C20H23N5O4S/c1-4-24(3)12-17(26)23-14-8-6-7-13(9-14)22-11-16-18(27)25(5-2)19(30-16)15(10-21)20(28)29/h6-9,11,22H,4-5,12H2,1-3H3,(H,23,26)(H,28,29). The molecule has 30 heavy (non-hydrogen) atoms. The SMILES string of the molecule is CCN(C)CC(=O)Nc1cccc(NC=c2sc(=C(C#N)C(=O)O)n(CC)c2=O)c1. The van der Waals surface area contributed by atoms with Crippen molar-refractivity contribution < 1.29 is 14.7 Å². The first kappa shape index (κ1) is 22.9. The van der Waals surface area contributed by atoms with E-state index in [1.807, 2.05) is 18.9 Å². The molecule has 0 aliphatic heterocycles. The van der Waals surface area contributed by atoms with Gasteiger partial charge in [-0.3, -0.25) is 19.1 Å². The van der Waals surface area contributed by atoms with E-state index in [2.05, 4.69) is 10.6 Å². The molecule has 0 saturated carbocycles. The Morgan fingerprint density at radius 3 is 2.63 bits per heavy atom. The van der Waals surface area contributed by atoms with Crippen LogP contribution in [0.4, 0.5) is 11.4 Å². The molecule has 10 heteroatoms. The maximum atomic E-state index is 12.6. The van der Waals surface area contributed by atoms with E-state index < -0.39 is 11.5 Å². The summed E-state index contributed by atoms with van der Waals surface area (Å²) in [7, 11) is 1.85.